The monoisotopic (exact) mass is 250 g/mol. The molecule has 0 aromatic heterocycles. The van der Waals surface area contributed by atoms with Crippen molar-refractivity contribution in [2.45, 2.75) is 39.2 Å². The van der Waals surface area contributed by atoms with Gasteiger partial charge < -0.3 is 4.74 Å². The minimum Gasteiger partial charge on any atom is -0.443 e. The standard InChI is InChI=1S/C14H22N2O2/c1-14(2,3)18-13(17)16(15)11-7-10-12-8-5-4-6-9-12/h4-6,8-9H,7,10-11,15H2,1-3H3. The molecular weight excluding hydrogens is 228 g/mol. The van der Waals surface area contributed by atoms with Gasteiger partial charge in [0.15, 0.2) is 0 Å². The van der Waals surface area contributed by atoms with Crippen LogP contribution in [0.25, 0.3) is 0 Å². The second-order valence-electron chi connectivity index (χ2n) is 5.26. The number of hydrazine groups is 1. The topological polar surface area (TPSA) is 55.6 Å². The van der Waals surface area contributed by atoms with Crippen LogP contribution in [0.15, 0.2) is 30.3 Å². The fourth-order valence-electron chi connectivity index (χ4n) is 1.51. The van der Waals surface area contributed by atoms with Gasteiger partial charge >= 0.3 is 6.09 Å². The van der Waals surface area contributed by atoms with Crippen LogP contribution in [0.4, 0.5) is 4.79 Å². The number of hydrogen-bond donors (Lipinski definition) is 1. The lowest BCUT2D eigenvalue weighted by atomic mass is 10.1. The highest BCUT2D eigenvalue weighted by Crippen LogP contribution is 2.09. The number of nitrogens with two attached hydrogens (primary N) is 1. The molecule has 0 unspecified atom stereocenters. The van der Waals surface area contributed by atoms with Gasteiger partial charge in [0, 0.05) is 6.54 Å². The molecule has 0 heterocycles. The first-order valence-electron chi connectivity index (χ1n) is 6.17. The first kappa shape index (κ1) is 14.5. The first-order chi connectivity index (χ1) is 8.38. The van der Waals surface area contributed by atoms with Gasteiger partial charge in [-0.1, -0.05) is 30.3 Å². The molecule has 0 saturated carbocycles. The van der Waals surface area contributed by atoms with Crippen LogP contribution < -0.4 is 5.84 Å². The molecule has 4 nitrogen and oxygen atoms in total. The first-order valence-corrected chi connectivity index (χ1v) is 6.17. The average Bonchev–Trinajstić information content (AvgIpc) is 2.28. The summed E-state index contributed by atoms with van der Waals surface area (Å²) in [6, 6.07) is 10.1. The number of benzene rings is 1. The number of rotatable bonds is 4. The quantitative estimate of drug-likeness (QED) is 0.508. The summed E-state index contributed by atoms with van der Waals surface area (Å²) in [4.78, 5) is 11.6. The molecule has 0 aliphatic rings. The summed E-state index contributed by atoms with van der Waals surface area (Å²) in [7, 11) is 0. The molecule has 4 heteroatoms. The lowest BCUT2D eigenvalue weighted by Gasteiger charge is -2.24. The van der Waals surface area contributed by atoms with Crippen LogP contribution in [0.1, 0.15) is 32.8 Å². The van der Waals surface area contributed by atoms with Crippen molar-refractivity contribution in [2.75, 3.05) is 6.54 Å². The van der Waals surface area contributed by atoms with E-state index in [1.807, 2.05) is 39.0 Å². The van der Waals surface area contributed by atoms with Gasteiger partial charge in [-0.05, 0) is 39.2 Å². The van der Waals surface area contributed by atoms with E-state index in [4.69, 9.17) is 10.6 Å². The maximum absolute atomic E-state index is 11.6. The number of ether oxygens (including phenoxy) is 1. The molecule has 1 amide bonds. The maximum atomic E-state index is 11.6. The third kappa shape index (κ3) is 5.68. The zero-order chi connectivity index (χ0) is 13.6. The summed E-state index contributed by atoms with van der Waals surface area (Å²) in [5.41, 5.74) is 0.740. The van der Waals surface area contributed by atoms with Gasteiger partial charge in [-0.3, -0.25) is 0 Å². The Bertz CT molecular complexity index is 371. The Balaban J connectivity index is 2.29. The third-order valence-electron chi connectivity index (χ3n) is 2.34. The van der Waals surface area contributed by atoms with E-state index in [9.17, 15) is 4.79 Å². The van der Waals surface area contributed by atoms with Gasteiger partial charge in [-0.25, -0.2) is 15.6 Å². The lowest BCUT2D eigenvalue weighted by Crippen LogP contribution is -2.42. The summed E-state index contributed by atoms with van der Waals surface area (Å²) >= 11 is 0. The van der Waals surface area contributed by atoms with Crippen LogP contribution >= 0.6 is 0 Å². The SMILES string of the molecule is CC(C)(C)OC(=O)N(N)CCCc1ccccc1. The van der Waals surface area contributed by atoms with Crippen molar-refractivity contribution in [1.29, 1.82) is 0 Å². The predicted molar refractivity (Wildman–Crippen MR) is 71.9 cm³/mol. The minimum atomic E-state index is -0.506. The fraction of sp³-hybridized carbons (Fsp3) is 0.500. The van der Waals surface area contributed by atoms with Gasteiger partial charge in [0.1, 0.15) is 5.60 Å². The van der Waals surface area contributed by atoms with E-state index >= 15 is 0 Å². The number of hydrogen-bond acceptors (Lipinski definition) is 3. The summed E-state index contributed by atoms with van der Waals surface area (Å²) in [5, 5.41) is 1.13. The molecule has 1 aromatic carbocycles. The predicted octanol–water partition coefficient (Wildman–Crippen LogP) is 2.73. The zero-order valence-corrected chi connectivity index (χ0v) is 11.3. The van der Waals surface area contributed by atoms with Crippen LogP contribution in [0.3, 0.4) is 0 Å². The van der Waals surface area contributed by atoms with Crippen molar-refractivity contribution in [3.8, 4) is 0 Å². The smallest absolute Gasteiger partial charge is 0.424 e. The minimum absolute atomic E-state index is 0.476. The summed E-state index contributed by atoms with van der Waals surface area (Å²) in [6.07, 6.45) is 1.24. The molecule has 0 fully saturated rings. The Morgan fingerprint density at radius 2 is 1.89 bits per heavy atom. The van der Waals surface area contributed by atoms with Crippen molar-refractivity contribution < 1.29 is 9.53 Å². The van der Waals surface area contributed by atoms with E-state index in [1.54, 1.807) is 0 Å². The summed E-state index contributed by atoms with van der Waals surface area (Å²) in [6.45, 7) is 5.96. The van der Waals surface area contributed by atoms with Crippen molar-refractivity contribution in [2.24, 2.45) is 5.84 Å². The van der Waals surface area contributed by atoms with E-state index < -0.39 is 11.7 Å². The Morgan fingerprint density at radius 3 is 2.44 bits per heavy atom. The van der Waals surface area contributed by atoms with Crippen LogP contribution in [0.5, 0.6) is 0 Å². The van der Waals surface area contributed by atoms with Crippen LogP contribution in [-0.2, 0) is 11.2 Å². The summed E-state index contributed by atoms with van der Waals surface area (Å²) in [5.74, 6) is 5.65. The Morgan fingerprint density at radius 1 is 1.28 bits per heavy atom. The molecule has 0 atom stereocenters. The van der Waals surface area contributed by atoms with Crippen molar-refractivity contribution in [3.05, 3.63) is 35.9 Å². The number of carbonyl (C=O) groups is 1. The second-order valence-corrected chi connectivity index (χ2v) is 5.26. The number of carbonyl (C=O) groups excluding carboxylic acids is 1. The number of aryl methyl sites for hydroxylation is 1. The molecule has 18 heavy (non-hydrogen) atoms. The number of amides is 1. The average molecular weight is 250 g/mol. The van der Waals surface area contributed by atoms with Gasteiger partial charge in [-0.2, -0.15) is 0 Å². The van der Waals surface area contributed by atoms with Crippen molar-refractivity contribution in [3.63, 3.8) is 0 Å². The van der Waals surface area contributed by atoms with Crippen molar-refractivity contribution >= 4 is 6.09 Å². The molecule has 0 aliphatic heterocycles. The maximum Gasteiger partial charge on any atom is 0.424 e. The van der Waals surface area contributed by atoms with E-state index in [0.29, 0.717) is 6.54 Å². The second kappa shape index (κ2) is 6.40. The molecule has 0 radical (unpaired) electrons. The van der Waals surface area contributed by atoms with E-state index in [1.165, 1.54) is 5.56 Å². The highest BCUT2D eigenvalue weighted by atomic mass is 16.6. The normalized spacial score (nSPS) is 11.1. The molecular formula is C14H22N2O2. The Labute approximate surface area is 109 Å². The fourth-order valence-corrected chi connectivity index (χ4v) is 1.51. The molecule has 0 aliphatic carbocycles. The van der Waals surface area contributed by atoms with E-state index in [2.05, 4.69) is 12.1 Å². The largest absolute Gasteiger partial charge is 0.443 e. The molecule has 100 valence electrons. The molecule has 1 rings (SSSR count). The van der Waals surface area contributed by atoms with E-state index in [0.717, 1.165) is 17.9 Å². The van der Waals surface area contributed by atoms with Gasteiger partial charge in [0.05, 0.1) is 0 Å². The zero-order valence-electron chi connectivity index (χ0n) is 11.3. The lowest BCUT2D eigenvalue weighted by molar-refractivity contribution is 0.0246. The number of nitrogens with zero attached hydrogens (tertiary/aromatic N) is 1. The van der Waals surface area contributed by atoms with Gasteiger partial charge in [0.2, 0.25) is 0 Å². The van der Waals surface area contributed by atoms with Crippen LogP contribution in [-0.4, -0.2) is 23.2 Å². The third-order valence-corrected chi connectivity index (χ3v) is 2.34. The van der Waals surface area contributed by atoms with Crippen LogP contribution in [0.2, 0.25) is 0 Å². The molecule has 0 saturated heterocycles. The van der Waals surface area contributed by atoms with Gasteiger partial charge in [-0.15, -0.1) is 0 Å². The Kier molecular flexibility index (Phi) is 5.16. The Hall–Kier alpha value is -1.55. The molecule has 2 N–H and O–H groups in total. The van der Waals surface area contributed by atoms with Crippen molar-refractivity contribution in [1.82, 2.24) is 5.01 Å². The highest BCUT2D eigenvalue weighted by molar-refractivity contribution is 5.67. The molecule has 0 bridgehead atoms. The summed E-state index contributed by atoms with van der Waals surface area (Å²) < 4.78 is 5.16. The molecule has 1 aromatic rings. The highest BCUT2D eigenvalue weighted by Gasteiger charge is 2.19. The molecule has 0 spiro atoms. The van der Waals surface area contributed by atoms with Crippen LogP contribution in [0, 0.1) is 0 Å². The van der Waals surface area contributed by atoms with Gasteiger partial charge in [0.25, 0.3) is 0 Å². The van der Waals surface area contributed by atoms with E-state index in [-0.39, 0.29) is 0 Å².